The highest BCUT2D eigenvalue weighted by Gasteiger charge is 2.32. The van der Waals surface area contributed by atoms with Crippen LogP contribution in [0.4, 0.5) is 0 Å². The Balaban J connectivity index is 1.86. The Bertz CT molecular complexity index is 217. The van der Waals surface area contributed by atoms with Crippen molar-refractivity contribution in [3.63, 3.8) is 0 Å². The second kappa shape index (κ2) is 4.30. The summed E-state index contributed by atoms with van der Waals surface area (Å²) in [5.74, 6) is 0.958. The zero-order chi connectivity index (χ0) is 9.97. The van der Waals surface area contributed by atoms with Crippen molar-refractivity contribution in [1.82, 2.24) is 5.32 Å². The molecular formula is C11H19NO2. The van der Waals surface area contributed by atoms with Crippen LogP contribution in [0, 0.1) is 11.8 Å². The van der Waals surface area contributed by atoms with Crippen LogP contribution in [0.1, 0.15) is 38.5 Å². The monoisotopic (exact) mass is 197 g/mol. The number of carboxylic acids is 1. The van der Waals surface area contributed by atoms with E-state index < -0.39 is 5.97 Å². The van der Waals surface area contributed by atoms with Crippen LogP contribution in [-0.2, 0) is 4.79 Å². The topological polar surface area (TPSA) is 49.3 Å². The molecule has 2 N–H and O–H groups in total. The van der Waals surface area contributed by atoms with Gasteiger partial charge < -0.3 is 10.4 Å². The molecule has 1 heterocycles. The first-order chi connectivity index (χ1) is 6.75. The van der Waals surface area contributed by atoms with E-state index in [1.165, 1.54) is 25.7 Å². The van der Waals surface area contributed by atoms with Gasteiger partial charge in [-0.15, -0.1) is 0 Å². The molecule has 3 unspecified atom stereocenters. The van der Waals surface area contributed by atoms with Crippen LogP contribution in [-0.4, -0.2) is 23.7 Å². The molecule has 3 nitrogen and oxygen atoms in total. The summed E-state index contributed by atoms with van der Waals surface area (Å²) in [7, 11) is 0. The fraction of sp³-hybridized carbons (Fsp3) is 0.909. The second-order valence-corrected chi connectivity index (χ2v) is 4.74. The molecule has 0 aromatic rings. The number of piperidine rings is 1. The van der Waals surface area contributed by atoms with Gasteiger partial charge in [0.1, 0.15) is 0 Å². The third-order valence-corrected chi connectivity index (χ3v) is 3.74. The van der Waals surface area contributed by atoms with Gasteiger partial charge in [-0.25, -0.2) is 0 Å². The van der Waals surface area contributed by atoms with Gasteiger partial charge >= 0.3 is 5.97 Å². The molecule has 2 fully saturated rings. The molecule has 0 radical (unpaired) electrons. The molecule has 1 saturated heterocycles. The summed E-state index contributed by atoms with van der Waals surface area (Å²) < 4.78 is 0. The van der Waals surface area contributed by atoms with Gasteiger partial charge in [0.2, 0.25) is 0 Å². The third kappa shape index (κ3) is 2.27. The van der Waals surface area contributed by atoms with Crippen LogP contribution in [0.3, 0.4) is 0 Å². The van der Waals surface area contributed by atoms with Crippen LogP contribution in [0.5, 0.6) is 0 Å². The van der Waals surface area contributed by atoms with Gasteiger partial charge in [-0.2, -0.15) is 0 Å². The van der Waals surface area contributed by atoms with E-state index in [0.29, 0.717) is 6.42 Å². The first-order valence-corrected chi connectivity index (χ1v) is 5.71. The number of aliphatic carboxylic acids is 1. The fourth-order valence-electron chi connectivity index (χ4n) is 3.00. The summed E-state index contributed by atoms with van der Waals surface area (Å²) in [6.07, 6.45) is 6.76. The molecule has 14 heavy (non-hydrogen) atoms. The Hall–Kier alpha value is -0.570. The highest BCUT2D eigenvalue weighted by molar-refractivity contribution is 5.67. The number of rotatable bonds is 2. The van der Waals surface area contributed by atoms with Gasteiger partial charge in [0, 0.05) is 6.04 Å². The predicted molar refractivity (Wildman–Crippen MR) is 54.1 cm³/mol. The lowest BCUT2D eigenvalue weighted by Crippen LogP contribution is -2.45. The summed E-state index contributed by atoms with van der Waals surface area (Å²) in [6, 6.07) is 0.229. The molecule has 1 aliphatic carbocycles. The summed E-state index contributed by atoms with van der Waals surface area (Å²) >= 11 is 0. The first-order valence-electron chi connectivity index (χ1n) is 5.71. The van der Waals surface area contributed by atoms with E-state index in [9.17, 15) is 4.79 Å². The van der Waals surface area contributed by atoms with Gasteiger partial charge in [-0.3, -0.25) is 4.79 Å². The molecule has 0 amide bonds. The molecule has 1 saturated carbocycles. The van der Waals surface area contributed by atoms with E-state index in [-0.39, 0.29) is 6.04 Å². The number of fused-ring (bicyclic) bond motifs is 1. The number of hydrogen-bond donors (Lipinski definition) is 2. The maximum atomic E-state index is 10.6. The molecule has 3 atom stereocenters. The Morgan fingerprint density at radius 3 is 2.71 bits per heavy atom. The summed E-state index contributed by atoms with van der Waals surface area (Å²) in [5, 5.41) is 12.1. The van der Waals surface area contributed by atoms with Crippen molar-refractivity contribution < 1.29 is 9.90 Å². The maximum absolute atomic E-state index is 10.6. The molecule has 0 aromatic heterocycles. The maximum Gasteiger partial charge on any atom is 0.304 e. The van der Waals surface area contributed by atoms with Crippen LogP contribution < -0.4 is 5.32 Å². The van der Waals surface area contributed by atoms with E-state index in [1.807, 2.05) is 0 Å². The van der Waals surface area contributed by atoms with Crippen molar-refractivity contribution in [1.29, 1.82) is 0 Å². The number of hydrogen-bond acceptors (Lipinski definition) is 2. The fourth-order valence-corrected chi connectivity index (χ4v) is 3.00. The van der Waals surface area contributed by atoms with E-state index in [1.54, 1.807) is 0 Å². The summed E-state index contributed by atoms with van der Waals surface area (Å²) in [5.41, 5.74) is 0. The van der Waals surface area contributed by atoms with Crippen LogP contribution in [0.25, 0.3) is 0 Å². The molecule has 1 aliphatic heterocycles. The van der Waals surface area contributed by atoms with Crippen molar-refractivity contribution in [3.8, 4) is 0 Å². The standard InChI is InChI=1S/C11H19NO2/c13-11(14)6-10-5-8-3-1-2-4-9(8)7-12-10/h8-10,12H,1-7H2,(H,13,14). The van der Waals surface area contributed by atoms with Crippen molar-refractivity contribution in [2.24, 2.45) is 11.8 Å². The number of nitrogens with one attached hydrogen (secondary N) is 1. The first kappa shape index (κ1) is 9.97. The van der Waals surface area contributed by atoms with Crippen molar-refractivity contribution in [2.75, 3.05) is 6.54 Å². The predicted octanol–water partition coefficient (Wildman–Crippen LogP) is 1.63. The quantitative estimate of drug-likeness (QED) is 0.707. The summed E-state index contributed by atoms with van der Waals surface area (Å²) in [6.45, 7) is 1.04. The highest BCUT2D eigenvalue weighted by Crippen LogP contribution is 2.35. The Labute approximate surface area is 84.9 Å². The minimum atomic E-state index is -0.670. The van der Waals surface area contributed by atoms with Crippen molar-refractivity contribution in [2.45, 2.75) is 44.6 Å². The minimum Gasteiger partial charge on any atom is -0.481 e. The zero-order valence-corrected chi connectivity index (χ0v) is 8.54. The molecule has 80 valence electrons. The van der Waals surface area contributed by atoms with E-state index in [0.717, 1.165) is 24.8 Å². The molecule has 0 bridgehead atoms. The van der Waals surface area contributed by atoms with Gasteiger partial charge in [0.25, 0.3) is 0 Å². The molecule has 2 rings (SSSR count). The molecule has 0 spiro atoms. The average molecular weight is 197 g/mol. The van der Waals surface area contributed by atoms with E-state index >= 15 is 0 Å². The van der Waals surface area contributed by atoms with Crippen molar-refractivity contribution in [3.05, 3.63) is 0 Å². The minimum absolute atomic E-state index is 0.229. The smallest absolute Gasteiger partial charge is 0.304 e. The molecular weight excluding hydrogens is 178 g/mol. The van der Waals surface area contributed by atoms with Gasteiger partial charge in [0.15, 0.2) is 0 Å². The van der Waals surface area contributed by atoms with Gasteiger partial charge in [-0.1, -0.05) is 19.3 Å². The zero-order valence-electron chi connectivity index (χ0n) is 8.54. The molecule has 0 aromatic carbocycles. The van der Waals surface area contributed by atoms with E-state index in [2.05, 4.69) is 5.32 Å². The molecule has 2 aliphatic rings. The van der Waals surface area contributed by atoms with Gasteiger partial charge in [0.05, 0.1) is 6.42 Å². The lowest BCUT2D eigenvalue weighted by molar-refractivity contribution is -0.137. The Morgan fingerprint density at radius 1 is 1.29 bits per heavy atom. The van der Waals surface area contributed by atoms with Crippen LogP contribution in [0.15, 0.2) is 0 Å². The Morgan fingerprint density at radius 2 is 2.00 bits per heavy atom. The highest BCUT2D eigenvalue weighted by atomic mass is 16.4. The number of carbonyl (C=O) groups is 1. The molecule has 3 heteroatoms. The van der Waals surface area contributed by atoms with Crippen LogP contribution in [0.2, 0.25) is 0 Å². The van der Waals surface area contributed by atoms with E-state index in [4.69, 9.17) is 5.11 Å². The summed E-state index contributed by atoms with van der Waals surface area (Å²) in [4.78, 5) is 10.6. The normalized spacial score (nSPS) is 37.6. The lowest BCUT2D eigenvalue weighted by Gasteiger charge is -2.39. The largest absolute Gasteiger partial charge is 0.481 e. The Kier molecular flexibility index (Phi) is 3.06. The lowest BCUT2D eigenvalue weighted by atomic mass is 9.73. The number of carboxylic acid groups (broad SMARTS) is 1. The average Bonchev–Trinajstić information content (AvgIpc) is 2.17. The van der Waals surface area contributed by atoms with Gasteiger partial charge in [-0.05, 0) is 31.2 Å². The van der Waals surface area contributed by atoms with Crippen molar-refractivity contribution >= 4 is 5.97 Å². The second-order valence-electron chi connectivity index (χ2n) is 4.74. The third-order valence-electron chi connectivity index (χ3n) is 3.74. The van der Waals surface area contributed by atoms with Crippen LogP contribution >= 0.6 is 0 Å². The SMILES string of the molecule is O=C(O)CC1CC2CCCCC2CN1.